The van der Waals surface area contributed by atoms with Crippen molar-refractivity contribution in [1.29, 1.82) is 0 Å². The molecule has 2 aromatic rings. The second kappa shape index (κ2) is 6.86. The van der Waals surface area contributed by atoms with Crippen LogP contribution in [0.1, 0.15) is 43.3 Å². The minimum absolute atomic E-state index is 0.0345. The van der Waals surface area contributed by atoms with Gasteiger partial charge >= 0.3 is 0 Å². The van der Waals surface area contributed by atoms with Gasteiger partial charge in [0.25, 0.3) is 0 Å². The first-order valence-corrected chi connectivity index (χ1v) is 7.42. The molecule has 108 valence electrons. The zero-order valence-corrected chi connectivity index (χ0v) is 13.0. The van der Waals surface area contributed by atoms with E-state index in [9.17, 15) is 0 Å². The third-order valence-electron chi connectivity index (χ3n) is 3.41. The van der Waals surface area contributed by atoms with Crippen molar-refractivity contribution < 1.29 is 0 Å². The molecule has 0 saturated carbocycles. The van der Waals surface area contributed by atoms with Crippen molar-refractivity contribution >= 4 is 11.6 Å². The molecule has 0 fully saturated rings. The van der Waals surface area contributed by atoms with Gasteiger partial charge in [0.2, 0.25) is 0 Å². The lowest BCUT2D eigenvalue weighted by Gasteiger charge is -2.20. The van der Waals surface area contributed by atoms with Gasteiger partial charge in [0.1, 0.15) is 0 Å². The van der Waals surface area contributed by atoms with Gasteiger partial charge in [-0.1, -0.05) is 31.5 Å². The summed E-state index contributed by atoms with van der Waals surface area (Å²) in [5.74, 6) is 0. The molecule has 0 spiro atoms. The first-order valence-electron chi connectivity index (χ1n) is 7.05. The fraction of sp³-hybridized carbons (Fsp3) is 0.467. The molecule has 1 unspecified atom stereocenters. The van der Waals surface area contributed by atoms with Gasteiger partial charge in [0, 0.05) is 12.7 Å². The van der Waals surface area contributed by atoms with Crippen LogP contribution in [0.4, 0.5) is 0 Å². The van der Waals surface area contributed by atoms with E-state index in [-0.39, 0.29) is 6.04 Å². The Morgan fingerprint density at radius 2 is 2.20 bits per heavy atom. The summed E-state index contributed by atoms with van der Waals surface area (Å²) >= 11 is 6.35. The molecular weight excluding hydrogens is 272 g/mol. The highest BCUT2D eigenvalue weighted by molar-refractivity contribution is 6.31. The van der Waals surface area contributed by atoms with Crippen molar-refractivity contribution in [3.8, 4) is 0 Å². The summed E-state index contributed by atoms with van der Waals surface area (Å²) in [7, 11) is 1.93. The molecule has 0 saturated heterocycles. The molecular formula is C15H21ClN4. The molecule has 20 heavy (non-hydrogen) atoms. The molecule has 0 aliphatic carbocycles. The molecule has 0 amide bonds. The summed E-state index contributed by atoms with van der Waals surface area (Å²) in [6, 6.07) is 4.05. The van der Waals surface area contributed by atoms with Gasteiger partial charge in [0.15, 0.2) is 0 Å². The van der Waals surface area contributed by atoms with Gasteiger partial charge in [-0.2, -0.15) is 5.10 Å². The Hall–Kier alpha value is -1.39. The Balaban J connectivity index is 2.49. The van der Waals surface area contributed by atoms with Crippen LogP contribution in [0.5, 0.6) is 0 Å². The predicted octanol–water partition coefficient (Wildman–Crippen LogP) is 3.21. The monoisotopic (exact) mass is 292 g/mol. The number of rotatable bonds is 6. The molecule has 1 atom stereocenters. The lowest BCUT2D eigenvalue weighted by atomic mass is 10.0. The van der Waals surface area contributed by atoms with E-state index in [4.69, 9.17) is 11.6 Å². The second-order valence-electron chi connectivity index (χ2n) is 4.72. The molecule has 2 aromatic heterocycles. The maximum atomic E-state index is 6.35. The average Bonchev–Trinajstić information content (AvgIpc) is 2.83. The molecule has 4 nitrogen and oxygen atoms in total. The van der Waals surface area contributed by atoms with Gasteiger partial charge in [0.05, 0.1) is 28.6 Å². The van der Waals surface area contributed by atoms with Crippen LogP contribution in [-0.2, 0) is 13.0 Å². The standard InChI is InChI=1S/C15H21ClN4/c1-4-9-20-15(12(16)10-19-20)14(17-3)13-11(5-2)7-6-8-18-13/h6-8,10,14,17H,4-5,9H2,1-3H3. The average molecular weight is 293 g/mol. The van der Waals surface area contributed by atoms with Crippen molar-refractivity contribution in [3.05, 3.63) is 46.5 Å². The summed E-state index contributed by atoms with van der Waals surface area (Å²) in [5.41, 5.74) is 3.24. The van der Waals surface area contributed by atoms with E-state index >= 15 is 0 Å². The Labute approximate surface area is 125 Å². The first-order chi connectivity index (χ1) is 9.72. The molecule has 0 aromatic carbocycles. The fourth-order valence-electron chi connectivity index (χ4n) is 2.46. The SMILES string of the molecule is CCCn1ncc(Cl)c1C(NC)c1ncccc1CC. The van der Waals surface area contributed by atoms with Crippen LogP contribution in [0.15, 0.2) is 24.5 Å². The second-order valence-corrected chi connectivity index (χ2v) is 5.13. The van der Waals surface area contributed by atoms with Crippen LogP contribution in [-0.4, -0.2) is 21.8 Å². The van der Waals surface area contributed by atoms with E-state index in [1.165, 1.54) is 5.56 Å². The summed E-state index contributed by atoms with van der Waals surface area (Å²) < 4.78 is 1.97. The highest BCUT2D eigenvalue weighted by atomic mass is 35.5. The largest absolute Gasteiger partial charge is 0.307 e. The molecule has 2 rings (SSSR count). The van der Waals surface area contributed by atoms with Crippen molar-refractivity contribution in [2.75, 3.05) is 7.05 Å². The van der Waals surface area contributed by atoms with Crippen LogP contribution in [0.25, 0.3) is 0 Å². The zero-order valence-electron chi connectivity index (χ0n) is 12.2. The number of aryl methyl sites for hydroxylation is 2. The summed E-state index contributed by atoms with van der Waals surface area (Å²) in [6.45, 7) is 5.12. The van der Waals surface area contributed by atoms with Crippen LogP contribution in [0.2, 0.25) is 5.02 Å². The van der Waals surface area contributed by atoms with Gasteiger partial charge < -0.3 is 5.32 Å². The fourth-order valence-corrected chi connectivity index (χ4v) is 2.71. The van der Waals surface area contributed by atoms with Crippen LogP contribution in [0.3, 0.4) is 0 Å². The molecule has 0 bridgehead atoms. The molecule has 2 heterocycles. The lowest BCUT2D eigenvalue weighted by Crippen LogP contribution is -2.24. The van der Waals surface area contributed by atoms with Gasteiger partial charge in [-0.25, -0.2) is 0 Å². The molecule has 0 aliphatic heterocycles. The third kappa shape index (κ3) is 2.86. The topological polar surface area (TPSA) is 42.7 Å². The maximum absolute atomic E-state index is 6.35. The molecule has 0 aliphatic rings. The highest BCUT2D eigenvalue weighted by Crippen LogP contribution is 2.29. The zero-order chi connectivity index (χ0) is 14.5. The molecule has 0 radical (unpaired) electrons. The van der Waals surface area contributed by atoms with Crippen molar-refractivity contribution in [2.24, 2.45) is 0 Å². The van der Waals surface area contributed by atoms with Crippen molar-refractivity contribution in [1.82, 2.24) is 20.1 Å². The Bertz CT molecular complexity index is 565. The van der Waals surface area contributed by atoms with Gasteiger partial charge in [-0.15, -0.1) is 0 Å². The number of nitrogens with one attached hydrogen (secondary N) is 1. The molecule has 1 N–H and O–H groups in total. The normalized spacial score (nSPS) is 12.6. The van der Waals surface area contributed by atoms with Crippen LogP contribution >= 0.6 is 11.6 Å². The maximum Gasteiger partial charge on any atom is 0.0937 e. The van der Waals surface area contributed by atoms with Crippen LogP contribution < -0.4 is 5.32 Å². The Kier molecular flexibility index (Phi) is 5.15. The predicted molar refractivity (Wildman–Crippen MR) is 82.0 cm³/mol. The van der Waals surface area contributed by atoms with Crippen molar-refractivity contribution in [2.45, 2.75) is 39.3 Å². The smallest absolute Gasteiger partial charge is 0.0937 e. The summed E-state index contributed by atoms with van der Waals surface area (Å²) in [6.07, 6.45) is 5.50. The van der Waals surface area contributed by atoms with E-state index in [1.54, 1.807) is 6.20 Å². The highest BCUT2D eigenvalue weighted by Gasteiger charge is 2.23. The van der Waals surface area contributed by atoms with E-state index in [0.717, 1.165) is 30.8 Å². The minimum Gasteiger partial charge on any atom is -0.307 e. The quantitative estimate of drug-likeness (QED) is 0.889. The van der Waals surface area contributed by atoms with E-state index < -0.39 is 0 Å². The lowest BCUT2D eigenvalue weighted by molar-refractivity contribution is 0.527. The number of pyridine rings is 1. The number of hydrogen-bond donors (Lipinski definition) is 1. The van der Waals surface area contributed by atoms with Gasteiger partial charge in [-0.3, -0.25) is 9.67 Å². The Morgan fingerprint density at radius 3 is 2.85 bits per heavy atom. The summed E-state index contributed by atoms with van der Waals surface area (Å²) in [4.78, 5) is 4.56. The first kappa shape index (κ1) is 15.0. The van der Waals surface area contributed by atoms with E-state index in [1.807, 2.05) is 24.0 Å². The van der Waals surface area contributed by atoms with Gasteiger partial charge in [-0.05, 0) is 31.5 Å². The third-order valence-corrected chi connectivity index (χ3v) is 3.70. The van der Waals surface area contributed by atoms with Crippen LogP contribution in [0, 0.1) is 0 Å². The van der Waals surface area contributed by atoms with Crippen molar-refractivity contribution in [3.63, 3.8) is 0 Å². The number of aromatic nitrogens is 3. The minimum atomic E-state index is -0.0345. The summed E-state index contributed by atoms with van der Waals surface area (Å²) in [5, 5.41) is 8.39. The molecule has 5 heteroatoms. The number of halogens is 1. The van der Waals surface area contributed by atoms with E-state index in [2.05, 4.69) is 35.3 Å². The van der Waals surface area contributed by atoms with E-state index in [0.29, 0.717) is 5.02 Å². The number of nitrogens with zero attached hydrogens (tertiary/aromatic N) is 3. The number of hydrogen-bond acceptors (Lipinski definition) is 3. The Morgan fingerprint density at radius 1 is 1.40 bits per heavy atom.